The van der Waals surface area contributed by atoms with E-state index >= 15 is 0 Å². The third-order valence-corrected chi connectivity index (χ3v) is 3.08. The highest BCUT2D eigenvalue weighted by Gasteiger charge is 2.39. The fourth-order valence-corrected chi connectivity index (χ4v) is 2.04. The van der Waals surface area contributed by atoms with Crippen LogP contribution in [0.2, 0.25) is 0 Å². The van der Waals surface area contributed by atoms with Crippen LogP contribution in [0.25, 0.3) is 10.9 Å². The quantitative estimate of drug-likeness (QED) is 0.914. The lowest BCUT2D eigenvalue weighted by atomic mass is 10.0. The summed E-state index contributed by atoms with van der Waals surface area (Å²) in [6, 6.07) is 5.01. The number of para-hydroxylation sites is 1. The molecule has 1 heterocycles. The molecular weight excluding hydrogens is 290 g/mol. The number of aromatic nitrogens is 1. The summed E-state index contributed by atoms with van der Waals surface area (Å²) in [6.07, 6.45) is 1.31. The molecule has 2 aromatic rings. The number of carbonyl (C=O) groups excluding carboxylic acids is 1. The van der Waals surface area contributed by atoms with E-state index in [4.69, 9.17) is 10.8 Å². The summed E-state index contributed by atoms with van der Waals surface area (Å²) < 4.78 is 28.3. The van der Waals surface area contributed by atoms with Crippen LogP contribution in [0, 0.1) is 0 Å². The molecule has 3 N–H and O–H groups in total. The minimum absolute atomic E-state index is 0. The molecule has 0 radical (unpaired) electrons. The molecular formula is C13H15ClF2N2O2. The average Bonchev–Trinajstić information content (AvgIpc) is 2.77. The molecule has 110 valence electrons. The first-order valence-corrected chi connectivity index (χ1v) is 5.73. The zero-order valence-electron chi connectivity index (χ0n) is 10.7. The van der Waals surface area contributed by atoms with Gasteiger partial charge in [0.15, 0.2) is 0 Å². The molecule has 0 aliphatic carbocycles. The van der Waals surface area contributed by atoms with Gasteiger partial charge in [0.1, 0.15) is 6.61 Å². The van der Waals surface area contributed by atoms with Crippen molar-refractivity contribution in [3.05, 3.63) is 36.0 Å². The Hall–Kier alpha value is -1.50. The van der Waals surface area contributed by atoms with Gasteiger partial charge in [0, 0.05) is 24.1 Å². The lowest BCUT2D eigenvalue weighted by molar-refractivity contribution is -0.0708. The van der Waals surface area contributed by atoms with Gasteiger partial charge in [-0.3, -0.25) is 9.36 Å². The zero-order chi connectivity index (χ0) is 14.2. The fourth-order valence-electron chi connectivity index (χ4n) is 2.04. The molecule has 20 heavy (non-hydrogen) atoms. The van der Waals surface area contributed by atoms with Crippen molar-refractivity contribution in [2.45, 2.75) is 18.9 Å². The van der Waals surface area contributed by atoms with Crippen LogP contribution in [-0.4, -0.2) is 28.1 Å². The predicted octanol–water partition coefficient (Wildman–Crippen LogP) is 2.35. The summed E-state index contributed by atoms with van der Waals surface area (Å²) in [5.74, 6) is -3.73. The second kappa shape index (κ2) is 5.87. The van der Waals surface area contributed by atoms with Crippen molar-refractivity contribution in [2.75, 3.05) is 6.61 Å². The van der Waals surface area contributed by atoms with E-state index in [1.54, 1.807) is 24.3 Å². The van der Waals surface area contributed by atoms with Gasteiger partial charge in [0.25, 0.3) is 5.92 Å². The molecule has 0 saturated carbocycles. The molecule has 0 bridgehead atoms. The standard InChI is InChI=1S/C13H14F2N2O2.ClH/c1-8(19)17-6-10(12(16)13(14,15)7-18)9-4-2-3-5-11(9)17;/h2-6,12,18H,7,16H2,1H3;1H/t12-;/m0./s1. The first kappa shape index (κ1) is 16.6. The SMILES string of the molecule is CC(=O)n1cc([C@H](N)C(F)(F)CO)c2ccccc21.Cl. The van der Waals surface area contributed by atoms with Crippen LogP contribution in [0.5, 0.6) is 0 Å². The third kappa shape index (κ3) is 2.67. The lowest BCUT2D eigenvalue weighted by Crippen LogP contribution is -2.36. The van der Waals surface area contributed by atoms with Crippen molar-refractivity contribution in [1.82, 2.24) is 4.57 Å². The van der Waals surface area contributed by atoms with E-state index < -0.39 is 18.6 Å². The molecule has 2 rings (SSSR count). The van der Waals surface area contributed by atoms with E-state index in [0.29, 0.717) is 10.9 Å². The minimum atomic E-state index is -3.44. The number of hydrogen-bond donors (Lipinski definition) is 2. The van der Waals surface area contributed by atoms with Crippen molar-refractivity contribution in [3.8, 4) is 0 Å². The van der Waals surface area contributed by atoms with Crippen LogP contribution in [0.1, 0.15) is 23.3 Å². The van der Waals surface area contributed by atoms with Crippen LogP contribution in [0.15, 0.2) is 30.5 Å². The molecule has 0 amide bonds. The van der Waals surface area contributed by atoms with Gasteiger partial charge in [-0.2, -0.15) is 0 Å². The summed E-state index contributed by atoms with van der Waals surface area (Å²) in [5, 5.41) is 9.19. The van der Waals surface area contributed by atoms with Gasteiger partial charge in [-0.1, -0.05) is 18.2 Å². The number of benzene rings is 1. The van der Waals surface area contributed by atoms with Gasteiger partial charge in [-0.25, -0.2) is 8.78 Å². The molecule has 0 saturated heterocycles. The molecule has 1 aromatic heterocycles. The Labute approximate surface area is 120 Å². The number of fused-ring (bicyclic) bond motifs is 1. The van der Waals surface area contributed by atoms with Crippen molar-refractivity contribution in [1.29, 1.82) is 0 Å². The Kier molecular flexibility index (Phi) is 4.86. The Bertz CT molecular complexity index is 628. The molecule has 7 heteroatoms. The number of nitrogens with two attached hydrogens (primary N) is 1. The molecule has 4 nitrogen and oxygen atoms in total. The smallest absolute Gasteiger partial charge is 0.289 e. The second-order valence-electron chi connectivity index (χ2n) is 4.39. The van der Waals surface area contributed by atoms with Gasteiger partial charge in [-0.15, -0.1) is 12.4 Å². The Morgan fingerprint density at radius 1 is 1.45 bits per heavy atom. The van der Waals surface area contributed by atoms with Gasteiger partial charge < -0.3 is 10.8 Å². The molecule has 0 aliphatic rings. The second-order valence-corrected chi connectivity index (χ2v) is 4.39. The minimum Gasteiger partial charge on any atom is -0.390 e. The zero-order valence-corrected chi connectivity index (χ0v) is 11.5. The Morgan fingerprint density at radius 2 is 2.05 bits per heavy atom. The normalized spacial score (nSPS) is 13.1. The fraction of sp³-hybridized carbons (Fsp3) is 0.308. The number of halogens is 3. The maximum Gasteiger partial charge on any atom is 0.289 e. The monoisotopic (exact) mass is 304 g/mol. The number of nitrogens with zero attached hydrogens (tertiary/aromatic N) is 1. The number of rotatable bonds is 3. The highest BCUT2D eigenvalue weighted by molar-refractivity contribution is 5.93. The number of carbonyl (C=O) groups is 1. The summed E-state index contributed by atoms with van der Waals surface area (Å²) in [7, 11) is 0. The average molecular weight is 305 g/mol. The van der Waals surface area contributed by atoms with E-state index in [2.05, 4.69) is 0 Å². The Balaban J connectivity index is 0.00000200. The van der Waals surface area contributed by atoms with E-state index in [1.807, 2.05) is 0 Å². The predicted molar refractivity (Wildman–Crippen MR) is 74.4 cm³/mol. The van der Waals surface area contributed by atoms with Crippen LogP contribution < -0.4 is 5.73 Å². The van der Waals surface area contributed by atoms with E-state index in [0.717, 1.165) is 0 Å². The van der Waals surface area contributed by atoms with Gasteiger partial charge in [0.05, 0.1) is 11.6 Å². The van der Waals surface area contributed by atoms with Gasteiger partial charge >= 0.3 is 0 Å². The summed E-state index contributed by atoms with van der Waals surface area (Å²) in [6.45, 7) is -0.000323. The van der Waals surface area contributed by atoms with Crippen LogP contribution in [-0.2, 0) is 0 Å². The molecule has 0 fully saturated rings. The lowest BCUT2D eigenvalue weighted by Gasteiger charge is -2.20. The molecule has 1 aromatic carbocycles. The first-order chi connectivity index (χ1) is 8.88. The summed E-state index contributed by atoms with van der Waals surface area (Å²) in [5.41, 5.74) is 6.19. The van der Waals surface area contributed by atoms with Crippen molar-refractivity contribution in [2.24, 2.45) is 5.73 Å². The number of hydrogen-bond acceptors (Lipinski definition) is 3. The largest absolute Gasteiger partial charge is 0.390 e. The molecule has 1 atom stereocenters. The van der Waals surface area contributed by atoms with Crippen molar-refractivity contribution >= 4 is 29.2 Å². The number of aliphatic hydroxyl groups is 1. The highest BCUT2D eigenvalue weighted by Crippen LogP contribution is 2.34. The van der Waals surface area contributed by atoms with E-state index in [9.17, 15) is 13.6 Å². The summed E-state index contributed by atoms with van der Waals surface area (Å²) >= 11 is 0. The maximum atomic E-state index is 13.5. The first-order valence-electron chi connectivity index (χ1n) is 5.73. The van der Waals surface area contributed by atoms with Gasteiger partial charge in [0.2, 0.25) is 5.91 Å². The van der Waals surface area contributed by atoms with Crippen LogP contribution in [0.4, 0.5) is 8.78 Å². The third-order valence-electron chi connectivity index (χ3n) is 3.08. The number of aliphatic hydroxyl groups excluding tert-OH is 1. The Morgan fingerprint density at radius 3 is 2.60 bits per heavy atom. The van der Waals surface area contributed by atoms with Crippen LogP contribution >= 0.6 is 12.4 Å². The molecule has 0 spiro atoms. The molecule has 0 unspecified atom stereocenters. The van der Waals surface area contributed by atoms with Crippen molar-refractivity contribution < 1.29 is 18.7 Å². The van der Waals surface area contributed by atoms with Crippen molar-refractivity contribution in [3.63, 3.8) is 0 Å². The van der Waals surface area contributed by atoms with Gasteiger partial charge in [-0.05, 0) is 6.07 Å². The topological polar surface area (TPSA) is 68.2 Å². The summed E-state index contributed by atoms with van der Waals surface area (Å²) in [4.78, 5) is 11.5. The van der Waals surface area contributed by atoms with E-state index in [1.165, 1.54) is 17.7 Å². The maximum absolute atomic E-state index is 13.5. The number of alkyl halides is 2. The van der Waals surface area contributed by atoms with E-state index in [-0.39, 0.29) is 23.9 Å². The highest BCUT2D eigenvalue weighted by atomic mass is 35.5. The molecule has 0 aliphatic heterocycles. The van der Waals surface area contributed by atoms with Crippen LogP contribution in [0.3, 0.4) is 0 Å².